The van der Waals surface area contributed by atoms with Crippen LogP contribution >= 0.6 is 11.3 Å². The molecule has 1 aliphatic rings. The number of hydrogen-bond acceptors (Lipinski definition) is 5. The summed E-state index contributed by atoms with van der Waals surface area (Å²) in [6.45, 7) is 0. The molecule has 5 heteroatoms. The highest BCUT2D eigenvalue weighted by Crippen LogP contribution is 2.24. The molecule has 0 spiro atoms. The fourth-order valence-electron chi connectivity index (χ4n) is 2.35. The lowest BCUT2D eigenvalue weighted by atomic mass is 9.96. The van der Waals surface area contributed by atoms with Gasteiger partial charge < -0.3 is 4.74 Å². The third-order valence-corrected chi connectivity index (χ3v) is 4.37. The summed E-state index contributed by atoms with van der Waals surface area (Å²) in [7, 11) is 0. The molecule has 0 saturated heterocycles. The number of aromatic nitrogens is 1. The van der Waals surface area contributed by atoms with Gasteiger partial charge in [-0.15, -0.1) is 11.3 Å². The summed E-state index contributed by atoms with van der Waals surface area (Å²) in [5.74, 6) is -0.484. The standard InChI is InChI=1S/C16H15NO3S/c18-13-8-4-5-9-14(13)20-16(19)12-10-21-15(17-12)11-6-2-1-3-7-11/h1-3,6-7,10,14H,4-5,8-9H2. The minimum atomic E-state index is -0.590. The van der Waals surface area contributed by atoms with Crippen LogP contribution in [0.2, 0.25) is 0 Å². The van der Waals surface area contributed by atoms with E-state index in [1.165, 1.54) is 11.3 Å². The predicted octanol–water partition coefficient (Wildman–Crippen LogP) is 3.48. The normalized spacial score (nSPS) is 18.5. The van der Waals surface area contributed by atoms with Gasteiger partial charge in [-0.2, -0.15) is 0 Å². The second-order valence-electron chi connectivity index (χ2n) is 5.01. The van der Waals surface area contributed by atoms with Crippen molar-refractivity contribution in [3.05, 3.63) is 41.4 Å². The van der Waals surface area contributed by atoms with Crippen LogP contribution in [-0.2, 0) is 9.53 Å². The quantitative estimate of drug-likeness (QED) is 0.814. The summed E-state index contributed by atoms with van der Waals surface area (Å²) in [5, 5.41) is 2.45. The van der Waals surface area contributed by atoms with Gasteiger partial charge in [-0.3, -0.25) is 4.79 Å². The molecular weight excluding hydrogens is 286 g/mol. The van der Waals surface area contributed by atoms with Gasteiger partial charge in [-0.05, 0) is 19.3 Å². The lowest BCUT2D eigenvalue weighted by molar-refractivity contribution is -0.129. The summed E-state index contributed by atoms with van der Waals surface area (Å²) < 4.78 is 5.29. The number of hydrogen-bond donors (Lipinski definition) is 0. The van der Waals surface area contributed by atoms with Crippen molar-refractivity contribution in [2.24, 2.45) is 0 Å². The summed E-state index contributed by atoms with van der Waals surface area (Å²) in [4.78, 5) is 28.1. The van der Waals surface area contributed by atoms with Gasteiger partial charge in [-0.1, -0.05) is 30.3 Å². The van der Waals surface area contributed by atoms with Gasteiger partial charge in [0.2, 0.25) is 0 Å². The molecule has 1 aliphatic carbocycles. The zero-order chi connectivity index (χ0) is 14.7. The molecule has 21 heavy (non-hydrogen) atoms. The van der Waals surface area contributed by atoms with Crippen molar-refractivity contribution >= 4 is 23.1 Å². The number of carbonyl (C=O) groups is 2. The zero-order valence-corrected chi connectivity index (χ0v) is 12.3. The van der Waals surface area contributed by atoms with Crippen molar-refractivity contribution in [3.8, 4) is 10.6 Å². The molecule has 0 aliphatic heterocycles. The van der Waals surface area contributed by atoms with Crippen LogP contribution in [0.25, 0.3) is 10.6 Å². The highest BCUT2D eigenvalue weighted by atomic mass is 32.1. The minimum absolute atomic E-state index is 0.0214. The highest BCUT2D eigenvalue weighted by Gasteiger charge is 2.27. The molecule has 1 atom stereocenters. The predicted molar refractivity (Wildman–Crippen MR) is 80.2 cm³/mol. The van der Waals surface area contributed by atoms with E-state index in [0.717, 1.165) is 23.4 Å². The van der Waals surface area contributed by atoms with Crippen molar-refractivity contribution in [3.63, 3.8) is 0 Å². The maximum atomic E-state index is 12.1. The summed E-state index contributed by atoms with van der Waals surface area (Å²) in [6, 6.07) is 9.67. The van der Waals surface area contributed by atoms with Gasteiger partial charge in [0.25, 0.3) is 0 Å². The first-order valence-corrected chi connectivity index (χ1v) is 7.86. The fraction of sp³-hybridized carbons (Fsp3) is 0.312. The Bertz CT molecular complexity index is 651. The number of esters is 1. The van der Waals surface area contributed by atoms with Crippen LogP contribution in [0.15, 0.2) is 35.7 Å². The van der Waals surface area contributed by atoms with E-state index in [9.17, 15) is 9.59 Å². The fourth-order valence-corrected chi connectivity index (χ4v) is 3.14. The van der Waals surface area contributed by atoms with Crippen molar-refractivity contribution in [1.82, 2.24) is 4.98 Å². The number of carbonyl (C=O) groups excluding carboxylic acids is 2. The van der Waals surface area contributed by atoms with Crippen LogP contribution in [0, 0.1) is 0 Å². The molecule has 3 rings (SSSR count). The van der Waals surface area contributed by atoms with Gasteiger partial charge in [0.05, 0.1) is 0 Å². The van der Waals surface area contributed by atoms with Crippen molar-refractivity contribution in [2.75, 3.05) is 0 Å². The van der Waals surface area contributed by atoms with E-state index in [4.69, 9.17) is 4.74 Å². The van der Waals surface area contributed by atoms with Crippen molar-refractivity contribution in [2.45, 2.75) is 31.8 Å². The Morgan fingerprint density at radius 1 is 1.24 bits per heavy atom. The molecule has 1 aromatic carbocycles. The van der Waals surface area contributed by atoms with Gasteiger partial charge in [-0.25, -0.2) is 9.78 Å². The molecule has 1 unspecified atom stereocenters. The van der Waals surface area contributed by atoms with E-state index in [1.54, 1.807) is 5.38 Å². The van der Waals surface area contributed by atoms with Crippen molar-refractivity contribution < 1.29 is 14.3 Å². The molecular formula is C16H15NO3S. The molecule has 4 nitrogen and oxygen atoms in total. The topological polar surface area (TPSA) is 56.3 Å². The molecule has 1 aromatic heterocycles. The third kappa shape index (κ3) is 3.19. The largest absolute Gasteiger partial charge is 0.450 e. The number of ketones is 1. The molecule has 0 radical (unpaired) electrons. The molecule has 1 saturated carbocycles. The van der Waals surface area contributed by atoms with Gasteiger partial charge in [0, 0.05) is 17.4 Å². The first-order valence-electron chi connectivity index (χ1n) is 6.98. The first-order chi connectivity index (χ1) is 10.2. The Balaban J connectivity index is 1.71. The van der Waals surface area contributed by atoms with E-state index in [1.807, 2.05) is 30.3 Å². The SMILES string of the molecule is O=C(OC1CCCCC1=O)c1csc(-c2ccccc2)n1. The summed E-state index contributed by atoms with van der Waals surface area (Å²) in [6.07, 6.45) is 2.36. The van der Waals surface area contributed by atoms with Crippen LogP contribution < -0.4 is 0 Å². The van der Waals surface area contributed by atoms with Gasteiger partial charge >= 0.3 is 5.97 Å². The lowest BCUT2D eigenvalue weighted by Crippen LogP contribution is -2.30. The van der Waals surface area contributed by atoms with Gasteiger partial charge in [0.1, 0.15) is 5.01 Å². The number of nitrogens with zero attached hydrogens (tertiary/aromatic N) is 1. The number of rotatable bonds is 3. The van der Waals surface area contributed by atoms with E-state index in [-0.39, 0.29) is 11.5 Å². The average Bonchev–Trinajstić information content (AvgIpc) is 3.00. The number of thiazole rings is 1. The summed E-state index contributed by atoms with van der Waals surface area (Å²) in [5.41, 5.74) is 1.24. The summed E-state index contributed by atoms with van der Waals surface area (Å²) >= 11 is 1.40. The average molecular weight is 301 g/mol. The van der Waals surface area contributed by atoms with Crippen LogP contribution in [0.3, 0.4) is 0 Å². The second-order valence-corrected chi connectivity index (χ2v) is 5.87. The number of ether oxygens (including phenoxy) is 1. The molecule has 0 bridgehead atoms. The molecule has 1 fully saturated rings. The molecule has 2 aromatic rings. The van der Waals surface area contributed by atoms with E-state index in [2.05, 4.69) is 4.98 Å². The second kappa shape index (κ2) is 6.18. The highest BCUT2D eigenvalue weighted by molar-refractivity contribution is 7.13. The Morgan fingerprint density at radius 2 is 2.05 bits per heavy atom. The Labute approximate surface area is 126 Å². The molecule has 108 valence electrons. The minimum Gasteiger partial charge on any atom is -0.450 e. The monoisotopic (exact) mass is 301 g/mol. The zero-order valence-electron chi connectivity index (χ0n) is 11.5. The third-order valence-electron chi connectivity index (χ3n) is 3.48. The molecule has 0 N–H and O–H groups in total. The lowest BCUT2D eigenvalue weighted by Gasteiger charge is -2.19. The Morgan fingerprint density at radius 3 is 2.81 bits per heavy atom. The Hall–Kier alpha value is -2.01. The number of Topliss-reactive ketones (excluding diaryl/α,β-unsaturated/α-hetero) is 1. The van der Waals surface area contributed by atoms with E-state index < -0.39 is 12.1 Å². The van der Waals surface area contributed by atoms with E-state index in [0.29, 0.717) is 12.8 Å². The molecule has 0 amide bonds. The van der Waals surface area contributed by atoms with Crippen LogP contribution in [0.5, 0.6) is 0 Å². The van der Waals surface area contributed by atoms with Crippen LogP contribution in [0.1, 0.15) is 36.2 Å². The van der Waals surface area contributed by atoms with Crippen LogP contribution in [0.4, 0.5) is 0 Å². The van der Waals surface area contributed by atoms with Crippen LogP contribution in [-0.4, -0.2) is 22.8 Å². The maximum Gasteiger partial charge on any atom is 0.358 e. The number of benzene rings is 1. The Kier molecular flexibility index (Phi) is 4.10. The maximum absolute atomic E-state index is 12.1. The smallest absolute Gasteiger partial charge is 0.358 e. The van der Waals surface area contributed by atoms with Gasteiger partial charge in [0.15, 0.2) is 17.6 Å². The first kappa shape index (κ1) is 13.9. The van der Waals surface area contributed by atoms with Crippen molar-refractivity contribution in [1.29, 1.82) is 0 Å². The van der Waals surface area contributed by atoms with E-state index >= 15 is 0 Å². The molecule has 1 heterocycles.